The van der Waals surface area contributed by atoms with E-state index in [1.165, 1.54) is 109 Å². The molecule has 0 aromatic carbocycles. The molecule has 0 saturated heterocycles. The van der Waals surface area contributed by atoms with Gasteiger partial charge in [0.05, 0.1) is 0 Å². The number of hydrogen-bond donors (Lipinski definition) is 0. The molecule has 0 aliphatic rings. The van der Waals surface area contributed by atoms with Gasteiger partial charge in [0.1, 0.15) is 0 Å². The Bertz CT molecular complexity index is 183. The molecular formula is C20H43LiN+. The topological polar surface area (TPSA) is 3.24 Å². The van der Waals surface area contributed by atoms with E-state index in [-0.39, 0.29) is 18.9 Å². The van der Waals surface area contributed by atoms with Crippen LogP contribution >= 0.6 is 0 Å². The number of nitrogens with zero attached hydrogens (tertiary/aromatic N) is 1. The summed E-state index contributed by atoms with van der Waals surface area (Å²) in [5, 5.41) is 0. The van der Waals surface area contributed by atoms with Gasteiger partial charge < -0.3 is 4.90 Å². The summed E-state index contributed by atoms with van der Waals surface area (Å²) in [5.41, 5.74) is 0. The summed E-state index contributed by atoms with van der Waals surface area (Å²) in [6.07, 6.45) is 23.3. The second kappa shape index (κ2) is 21.6. The second-order valence-electron chi connectivity index (χ2n) is 7.11. The van der Waals surface area contributed by atoms with Gasteiger partial charge in [0.2, 0.25) is 0 Å². The molecule has 0 heterocycles. The Morgan fingerprint density at radius 1 is 0.455 bits per heavy atom. The molecule has 0 amide bonds. The zero-order chi connectivity index (χ0) is 15.6. The quantitative estimate of drug-likeness (QED) is 0.292. The van der Waals surface area contributed by atoms with Crippen LogP contribution in [0.25, 0.3) is 0 Å². The largest absolute Gasteiger partial charge is 1.00 e. The SMILES string of the molecule is CCCCCCCCCCCCCCCCCCN(C)C.[Li+]. The van der Waals surface area contributed by atoms with Crippen molar-refractivity contribution in [1.82, 2.24) is 4.90 Å². The van der Waals surface area contributed by atoms with Gasteiger partial charge in [-0.1, -0.05) is 103 Å². The Morgan fingerprint density at radius 2 is 0.727 bits per heavy atom. The average molecular weight is 305 g/mol. The standard InChI is InChI=1S/C20H43N.Li/c1-4-5-6-7-8-9-10-11-12-13-14-15-16-17-18-19-20-21(2)3;/h4-20H2,1-3H3;/q;+1. The van der Waals surface area contributed by atoms with Crippen LogP contribution in [0.15, 0.2) is 0 Å². The summed E-state index contributed by atoms with van der Waals surface area (Å²) >= 11 is 0. The molecule has 0 radical (unpaired) electrons. The normalized spacial score (nSPS) is 10.9. The van der Waals surface area contributed by atoms with Crippen molar-refractivity contribution in [2.24, 2.45) is 0 Å². The summed E-state index contributed by atoms with van der Waals surface area (Å²) in [6, 6.07) is 0. The summed E-state index contributed by atoms with van der Waals surface area (Å²) in [7, 11) is 4.34. The molecule has 0 spiro atoms. The summed E-state index contributed by atoms with van der Waals surface area (Å²) in [5.74, 6) is 0. The fraction of sp³-hybridized carbons (Fsp3) is 1.00. The van der Waals surface area contributed by atoms with Gasteiger partial charge in [-0.15, -0.1) is 0 Å². The van der Waals surface area contributed by atoms with Gasteiger partial charge in [0.25, 0.3) is 0 Å². The first kappa shape index (κ1) is 24.8. The van der Waals surface area contributed by atoms with Crippen LogP contribution < -0.4 is 18.9 Å². The van der Waals surface area contributed by atoms with Crippen LogP contribution in [-0.4, -0.2) is 25.5 Å². The van der Waals surface area contributed by atoms with Gasteiger partial charge in [0.15, 0.2) is 0 Å². The van der Waals surface area contributed by atoms with E-state index in [1.807, 2.05) is 0 Å². The minimum absolute atomic E-state index is 0. The molecule has 0 bridgehead atoms. The molecule has 0 rings (SSSR count). The zero-order valence-corrected chi connectivity index (χ0v) is 16.5. The molecule has 1 nitrogen and oxygen atoms in total. The maximum absolute atomic E-state index is 2.30. The van der Waals surface area contributed by atoms with Crippen molar-refractivity contribution in [2.75, 3.05) is 20.6 Å². The third-order valence-electron chi connectivity index (χ3n) is 4.46. The van der Waals surface area contributed by atoms with Crippen LogP contribution in [0.4, 0.5) is 0 Å². The Labute approximate surface area is 154 Å². The summed E-state index contributed by atoms with van der Waals surface area (Å²) in [4.78, 5) is 2.30. The molecule has 0 saturated carbocycles. The molecule has 2 heteroatoms. The Balaban J connectivity index is 0. The predicted molar refractivity (Wildman–Crippen MR) is 98.1 cm³/mol. The zero-order valence-electron chi connectivity index (χ0n) is 16.5. The van der Waals surface area contributed by atoms with Crippen molar-refractivity contribution in [1.29, 1.82) is 0 Å². The van der Waals surface area contributed by atoms with Crippen LogP contribution in [0.1, 0.15) is 110 Å². The van der Waals surface area contributed by atoms with Gasteiger partial charge >= 0.3 is 18.9 Å². The molecule has 22 heavy (non-hydrogen) atoms. The molecule has 0 aromatic heterocycles. The predicted octanol–water partition coefficient (Wildman–Crippen LogP) is 3.81. The minimum Gasteiger partial charge on any atom is -0.309 e. The average Bonchev–Trinajstić information content (AvgIpc) is 2.46. The van der Waals surface area contributed by atoms with E-state index in [0.717, 1.165) is 0 Å². The number of rotatable bonds is 17. The van der Waals surface area contributed by atoms with Crippen LogP contribution in [-0.2, 0) is 0 Å². The third kappa shape index (κ3) is 22.8. The first-order valence-electron chi connectivity index (χ1n) is 9.92. The number of unbranched alkanes of at least 4 members (excludes halogenated alkanes) is 15. The monoisotopic (exact) mass is 304 g/mol. The maximum atomic E-state index is 2.30. The van der Waals surface area contributed by atoms with Crippen molar-refractivity contribution in [3.8, 4) is 0 Å². The maximum Gasteiger partial charge on any atom is 1.00 e. The smallest absolute Gasteiger partial charge is 0.309 e. The van der Waals surface area contributed by atoms with Crippen LogP contribution in [0, 0.1) is 0 Å². The first-order chi connectivity index (χ1) is 10.3. The van der Waals surface area contributed by atoms with Crippen molar-refractivity contribution >= 4 is 0 Å². The third-order valence-corrected chi connectivity index (χ3v) is 4.46. The van der Waals surface area contributed by atoms with E-state index in [0.29, 0.717) is 0 Å². The van der Waals surface area contributed by atoms with E-state index in [1.54, 1.807) is 0 Å². The van der Waals surface area contributed by atoms with Crippen molar-refractivity contribution in [3.63, 3.8) is 0 Å². The molecule has 0 aromatic rings. The molecule has 0 N–H and O–H groups in total. The minimum atomic E-state index is 0. The molecule has 0 unspecified atom stereocenters. The molecule has 128 valence electrons. The fourth-order valence-electron chi connectivity index (χ4n) is 2.98. The second-order valence-corrected chi connectivity index (χ2v) is 7.11. The van der Waals surface area contributed by atoms with E-state index < -0.39 is 0 Å². The number of hydrogen-bond acceptors (Lipinski definition) is 1. The summed E-state index contributed by atoms with van der Waals surface area (Å²) < 4.78 is 0. The van der Waals surface area contributed by atoms with Crippen molar-refractivity contribution < 1.29 is 18.9 Å². The molecule has 0 aliphatic heterocycles. The first-order valence-corrected chi connectivity index (χ1v) is 9.92. The van der Waals surface area contributed by atoms with E-state index in [4.69, 9.17) is 0 Å². The van der Waals surface area contributed by atoms with Crippen molar-refractivity contribution in [2.45, 2.75) is 110 Å². The van der Waals surface area contributed by atoms with Crippen molar-refractivity contribution in [3.05, 3.63) is 0 Å². The van der Waals surface area contributed by atoms with Crippen LogP contribution in [0.3, 0.4) is 0 Å². The van der Waals surface area contributed by atoms with Gasteiger partial charge in [-0.05, 0) is 27.1 Å². The van der Waals surface area contributed by atoms with E-state index in [9.17, 15) is 0 Å². The Hall–Kier alpha value is 0.557. The molecule has 0 aliphatic carbocycles. The van der Waals surface area contributed by atoms with E-state index in [2.05, 4.69) is 25.9 Å². The van der Waals surface area contributed by atoms with E-state index >= 15 is 0 Å². The van der Waals surface area contributed by atoms with Gasteiger partial charge in [-0.2, -0.15) is 0 Å². The molecule has 0 atom stereocenters. The van der Waals surface area contributed by atoms with Crippen LogP contribution in [0.2, 0.25) is 0 Å². The van der Waals surface area contributed by atoms with Gasteiger partial charge in [-0.3, -0.25) is 0 Å². The van der Waals surface area contributed by atoms with Gasteiger partial charge in [-0.25, -0.2) is 0 Å². The van der Waals surface area contributed by atoms with Crippen LogP contribution in [0.5, 0.6) is 0 Å². The Morgan fingerprint density at radius 3 is 1.00 bits per heavy atom. The summed E-state index contributed by atoms with van der Waals surface area (Å²) in [6.45, 7) is 3.56. The molecular weight excluding hydrogens is 261 g/mol. The fourth-order valence-corrected chi connectivity index (χ4v) is 2.98. The Kier molecular flexibility index (Phi) is 24.3. The molecule has 0 fully saturated rings. The van der Waals surface area contributed by atoms with Gasteiger partial charge in [0, 0.05) is 0 Å².